The molecule has 0 unspecified atom stereocenters. The Bertz CT molecular complexity index is 1190. The molecule has 3 aromatic rings. The monoisotopic (exact) mass is 493 g/mol. The Kier molecular flexibility index (Phi) is 7.70. The number of anilines is 2. The largest absolute Gasteiger partial charge is 0.457 e. The van der Waals surface area contributed by atoms with Gasteiger partial charge in [-0.2, -0.15) is 0 Å². The molecule has 34 heavy (non-hydrogen) atoms. The zero-order valence-corrected chi connectivity index (χ0v) is 20.9. The van der Waals surface area contributed by atoms with E-state index in [0.29, 0.717) is 16.5 Å². The Morgan fingerprint density at radius 1 is 1.12 bits per heavy atom. The van der Waals surface area contributed by atoms with Crippen molar-refractivity contribution in [3.63, 3.8) is 0 Å². The number of hydrogen-bond acceptors (Lipinski definition) is 4. The highest BCUT2D eigenvalue weighted by Crippen LogP contribution is 2.27. The van der Waals surface area contributed by atoms with Gasteiger partial charge in [0.25, 0.3) is 0 Å². The molecule has 1 saturated heterocycles. The summed E-state index contributed by atoms with van der Waals surface area (Å²) >= 11 is 11.5. The molecule has 0 aliphatic carbocycles. The summed E-state index contributed by atoms with van der Waals surface area (Å²) in [6.07, 6.45) is 5.44. The van der Waals surface area contributed by atoms with Crippen LogP contribution in [0.4, 0.5) is 11.4 Å². The van der Waals surface area contributed by atoms with E-state index in [1.54, 1.807) is 12.1 Å². The Morgan fingerprint density at radius 2 is 1.85 bits per heavy atom. The lowest BCUT2D eigenvalue weighted by atomic mass is 9.99. The standard InChI is InChI=1S/C27H28ClN3O2S/c1-18-13-15-31(16-14-18)22-7-5-21(6-8-22)29-27(34)30-26(32)12-10-23-9-11-25(33-23)20-4-3-19(2)24(28)17-20/h3-12,17-18H,13-16H2,1-2H3,(H2,29,30,32,34)/b12-10+. The van der Waals surface area contributed by atoms with Crippen LogP contribution in [0.15, 0.2) is 65.1 Å². The van der Waals surface area contributed by atoms with Crippen molar-refractivity contribution < 1.29 is 9.21 Å². The second kappa shape index (κ2) is 10.9. The van der Waals surface area contributed by atoms with Crippen molar-refractivity contribution in [1.82, 2.24) is 5.32 Å². The summed E-state index contributed by atoms with van der Waals surface area (Å²) in [6.45, 7) is 6.43. The number of carbonyl (C=O) groups is 1. The lowest BCUT2D eigenvalue weighted by molar-refractivity contribution is -0.115. The molecular weight excluding hydrogens is 466 g/mol. The van der Waals surface area contributed by atoms with Crippen molar-refractivity contribution in [2.24, 2.45) is 5.92 Å². The summed E-state index contributed by atoms with van der Waals surface area (Å²) in [5.74, 6) is 1.70. The summed E-state index contributed by atoms with van der Waals surface area (Å²) in [4.78, 5) is 14.7. The molecule has 1 aliphatic rings. The third kappa shape index (κ3) is 6.27. The molecule has 1 fully saturated rings. The van der Waals surface area contributed by atoms with Gasteiger partial charge in [0, 0.05) is 41.1 Å². The van der Waals surface area contributed by atoms with Crippen molar-refractivity contribution >= 4 is 52.3 Å². The fraction of sp³-hybridized carbons (Fsp3) is 0.259. The highest BCUT2D eigenvalue weighted by molar-refractivity contribution is 7.80. The molecule has 4 rings (SSSR count). The van der Waals surface area contributed by atoms with E-state index in [-0.39, 0.29) is 11.0 Å². The molecular formula is C27H28ClN3O2S. The maximum absolute atomic E-state index is 12.3. The molecule has 0 radical (unpaired) electrons. The third-order valence-electron chi connectivity index (χ3n) is 5.99. The average molecular weight is 494 g/mol. The van der Waals surface area contributed by atoms with Gasteiger partial charge in [-0.3, -0.25) is 10.1 Å². The predicted molar refractivity (Wildman–Crippen MR) is 144 cm³/mol. The quantitative estimate of drug-likeness (QED) is 0.307. The van der Waals surface area contributed by atoms with Gasteiger partial charge in [0.2, 0.25) is 5.91 Å². The van der Waals surface area contributed by atoms with E-state index in [9.17, 15) is 4.79 Å². The van der Waals surface area contributed by atoms with E-state index in [1.165, 1.54) is 24.6 Å². The van der Waals surface area contributed by atoms with Crippen molar-refractivity contribution in [1.29, 1.82) is 0 Å². The van der Waals surface area contributed by atoms with Crippen LogP contribution in [0, 0.1) is 12.8 Å². The number of aryl methyl sites for hydroxylation is 1. The molecule has 2 aromatic carbocycles. The zero-order valence-electron chi connectivity index (χ0n) is 19.3. The number of amides is 1. The second-order valence-corrected chi connectivity index (χ2v) is 9.47. The first-order valence-electron chi connectivity index (χ1n) is 11.4. The maximum Gasteiger partial charge on any atom is 0.250 e. The highest BCUT2D eigenvalue weighted by atomic mass is 35.5. The molecule has 1 amide bonds. The lowest BCUT2D eigenvalue weighted by Crippen LogP contribution is -2.33. The van der Waals surface area contributed by atoms with Crippen molar-refractivity contribution in [2.45, 2.75) is 26.7 Å². The van der Waals surface area contributed by atoms with Crippen LogP contribution in [0.1, 0.15) is 31.1 Å². The first-order valence-corrected chi connectivity index (χ1v) is 12.2. The van der Waals surface area contributed by atoms with Gasteiger partial charge in [0.1, 0.15) is 11.5 Å². The smallest absolute Gasteiger partial charge is 0.250 e. The van der Waals surface area contributed by atoms with E-state index >= 15 is 0 Å². The van der Waals surface area contributed by atoms with Gasteiger partial charge in [0.15, 0.2) is 5.11 Å². The molecule has 2 N–H and O–H groups in total. The number of rotatable bonds is 5. The number of benzene rings is 2. The van der Waals surface area contributed by atoms with E-state index < -0.39 is 0 Å². The van der Waals surface area contributed by atoms with Gasteiger partial charge in [-0.05, 0) is 92.0 Å². The van der Waals surface area contributed by atoms with Crippen LogP contribution in [0.5, 0.6) is 0 Å². The minimum Gasteiger partial charge on any atom is -0.457 e. The highest BCUT2D eigenvalue weighted by Gasteiger charge is 2.16. The predicted octanol–water partition coefficient (Wildman–Crippen LogP) is 6.67. The number of nitrogens with zero attached hydrogens (tertiary/aromatic N) is 1. The summed E-state index contributed by atoms with van der Waals surface area (Å²) in [5, 5.41) is 6.64. The van der Waals surface area contributed by atoms with Gasteiger partial charge in [0.05, 0.1) is 0 Å². The fourth-order valence-electron chi connectivity index (χ4n) is 3.84. The number of thiocarbonyl (C=S) groups is 1. The minimum atomic E-state index is -0.340. The summed E-state index contributed by atoms with van der Waals surface area (Å²) in [5.41, 5.74) is 3.92. The molecule has 5 nitrogen and oxygen atoms in total. The number of piperidine rings is 1. The molecule has 0 atom stereocenters. The van der Waals surface area contributed by atoms with E-state index in [1.807, 2.05) is 43.3 Å². The first kappa shape index (κ1) is 24.0. The number of hydrogen-bond donors (Lipinski definition) is 2. The average Bonchev–Trinajstić information content (AvgIpc) is 3.30. The van der Waals surface area contributed by atoms with E-state index in [0.717, 1.165) is 35.8 Å². The van der Waals surface area contributed by atoms with Crippen LogP contribution in [0.3, 0.4) is 0 Å². The Hall–Kier alpha value is -3.09. The van der Waals surface area contributed by atoms with Crippen molar-refractivity contribution in [2.75, 3.05) is 23.3 Å². The summed E-state index contributed by atoms with van der Waals surface area (Å²) in [7, 11) is 0. The topological polar surface area (TPSA) is 57.5 Å². The SMILES string of the molecule is Cc1ccc(-c2ccc(/C=C/C(=O)NC(=S)Nc3ccc(N4CCC(C)CC4)cc3)o2)cc1Cl. The lowest BCUT2D eigenvalue weighted by Gasteiger charge is -2.32. The third-order valence-corrected chi connectivity index (χ3v) is 6.60. The molecule has 0 saturated carbocycles. The second-order valence-electron chi connectivity index (χ2n) is 8.66. The molecule has 1 aromatic heterocycles. The molecule has 176 valence electrons. The molecule has 7 heteroatoms. The number of carbonyl (C=O) groups excluding carboxylic acids is 1. The van der Waals surface area contributed by atoms with Gasteiger partial charge in [-0.25, -0.2) is 0 Å². The minimum absolute atomic E-state index is 0.239. The summed E-state index contributed by atoms with van der Waals surface area (Å²) < 4.78 is 5.80. The Morgan fingerprint density at radius 3 is 2.56 bits per heavy atom. The summed E-state index contributed by atoms with van der Waals surface area (Å²) in [6, 6.07) is 17.5. The molecule has 1 aliphatic heterocycles. The van der Waals surface area contributed by atoms with Gasteiger partial charge < -0.3 is 14.6 Å². The Labute approximate surface area is 210 Å². The van der Waals surface area contributed by atoms with Gasteiger partial charge in [-0.1, -0.05) is 30.7 Å². The van der Waals surface area contributed by atoms with Gasteiger partial charge >= 0.3 is 0 Å². The van der Waals surface area contributed by atoms with E-state index in [2.05, 4.69) is 34.6 Å². The van der Waals surface area contributed by atoms with Crippen molar-refractivity contribution in [3.8, 4) is 11.3 Å². The van der Waals surface area contributed by atoms with Crippen molar-refractivity contribution in [3.05, 3.63) is 77.0 Å². The van der Waals surface area contributed by atoms with Crippen LogP contribution in [0.2, 0.25) is 5.02 Å². The first-order chi connectivity index (χ1) is 16.4. The number of furan rings is 1. The maximum atomic E-state index is 12.3. The van der Waals surface area contributed by atoms with E-state index in [4.69, 9.17) is 28.2 Å². The Balaban J connectivity index is 1.28. The zero-order chi connectivity index (χ0) is 24.1. The van der Waals surface area contributed by atoms with Gasteiger partial charge in [-0.15, -0.1) is 0 Å². The van der Waals surface area contributed by atoms with Crippen LogP contribution < -0.4 is 15.5 Å². The molecule has 0 bridgehead atoms. The van der Waals surface area contributed by atoms with Crippen LogP contribution in [-0.4, -0.2) is 24.1 Å². The number of halogens is 1. The van der Waals surface area contributed by atoms with Crippen LogP contribution >= 0.6 is 23.8 Å². The molecule has 2 heterocycles. The molecule has 0 spiro atoms. The number of nitrogens with one attached hydrogen (secondary N) is 2. The normalized spacial score (nSPS) is 14.4. The van der Waals surface area contributed by atoms with Crippen LogP contribution in [-0.2, 0) is 4.79 Å². The van der Waals surface area contributed by atoms with Crippen LogP contribution in [0.25, 0.3) is 17.4 Å². The fourth-order valence-corrected chi connectivity index (χ4v) is 4.24.